The fraction of sp³-hybridized carbons (Fsp3) is 0.111. The molecule has 0 radical (unpaired) electrons. The van der Waals surface area contributed by atoms with Gasteiger partial charge in [0.05, 0.1) is 0 Å². The predicted molar refractivity (Wildman–Crippen MR) is 93.6 cm³/mol. The maximum absolute atomic E-state index is 11.9. The number of hydrogen-bond donors (Lipinski definition) is 3. The minimum Gasteiger partial charge on any atom is -0.322 e. The van der Waals surface area contributed by atoms with Crippen LogP contribution in [0, 0.1) is 0 Å². The number of nitrogens with one attached hydrogen (secondary N) is 3. The van der Waals surface area contributed by atoms with Crippen LogP contribution in [0.4, 0.5) is 21.9 Å². The molecule has 5 heteroatoms. The van der Waals surface area contributed by atoms with E-state index in [1.807, 2.05) is 37.3 Å². The smallest absolute Gasteiger partial charge is 0.322 e. The first-order valence-corrected chi connectivity index (χ1v) is 7.26. The molecular formula is C18H19N3O2. The van der Waals surface area contributed by atoms with E-state index in [2.05, 4.69) is 16.0 Å². The number of hydrogen-bond acceptors (Lipinski definition) is 2. The summed E-state index contributed by atoms with van der Waals surface area (Å²) in [6, 6.07) is 15.8. The molecule has 0 unspecified atom stereocenters. The van der Waals surface area contributed by atoms with Gasteiger partial charge in [-0.05, 0) is 50.2 Å². The fourth-order valence-electron chi connectivity index (χ4n) is 1.81. The zero-order chi connectivity index (χ0) is 16.7. The van der Waals surface area contributed by atoms with E-state index in [1.165, 1.54) is 0 Å². The van der Waals surface area contributed by atoms with Gasteiger partial charge in [-0.1, -0.05) is 24.3 Å². The molecule has 118 valence electrons. The van der Waals surface area contributed by atoms with Crippen LogP contribution >= 0.6 is 0 Å². The Balaban J connectivity index is 1.92. The molecule has 5 nitrogen and oxygen atoms in total. The molecule has 0 saturated heterocycles. The van der Waals surface area contributed by atoms with Crippen LogP contribution in [0.5, 0.6) is 0 Å². The van der Waals surface area contributed by atoms with Gasteiger partial charge in [0.1, 0.15) is 0 Å². The van der Waals surface area contributed by atoms with Crippen molar-refractivity contribution >= 4 is 29.0 Å². The maximum Gasteiger partial charge on any atom is 0.323 e. The highest BCUT2D eigenvalue weighted by molar-refractivity contribution is 6.03. The minimum atomic E-state index is -0.322. The molecule has 0 bridgehead atoms. The van der Waals surface area contributed by atoms with Gasteiger partial charge in [-0.3, -0.25) is 4.79 Å². The van der Waals surface area contributed by atoms with Crippen molar-refractivity contribution in [1.29, 1.82) is 0 Å². The Labute approximate surface area is 135 Å². The predicted octanol–water partition coefficient (Wildman–Crippen LogP) is 4.24. The van der Waals surface area contributed by atoms with Gasteiger partial charge >= 0.3 is 6.03 Å². The Morgan fingerprint density at radius 3 is 1.78 bits per heavy atom. The molecule has 3 N–H and O–H groups in total. The number of amides is 3. The average molecular weight is 309 g/mol. The van der Waals surface area contributed by atoms with Crippen LogP contribution in [-0.2, 0) is 4.79 Å². The molecule has 3 amide bonds. The Hall–Kier alpha value is -3.08. The summed E-state index contributed by atoms with van der Waals surface area (Å²) in [7, 11) is 0. The largest absolute Gasteiger partial charge is 0.323 e. The van der Waals surface area contributed by atoms with Gasteiger partial charge in [-0.2, -0.15) is 0 Å². The Kier molecular flexibility index (Phi) is 5.52. The normalized spacial score (nSPS) is 10.8. The summed E-state index contributed by atoms with van der Waals surface area (Å²) < 4.78 is 0. The number of urea groups is 1. The second kappa shape index (κ2) is 7.79. The minimum absolute atomic E-state index is 0.143. The average Bonchev–Trinajstić information content (AvgIpc) is 2.56. The van der Waals surface area contributed by atoms with Crippen molar-refractivity contribution < 1.29 is 9.59 Å². The van der Waals surface area contributed by atoms with Crippen LogP contribution in [0.25, 0.3) is 0 Å². The summed E-state index contributed by atoms with van der Waals surface area (Å²) in [5.74, 6) is -0.143. The van der Waals surface area contributed by atoms with Crippen LogP contribution in [-0.4, -0.2) is 11.9 Å². The molecule has 2 aromatic rings. The van der Waals surface area contributed by atoms with Gasteiger partial charge in [0.2, 0.25) is 0 Å². The van der Waals surface area contributed by atoms with Crippen LogP contribution in [0.3, 0.4) is 0 Å². The first kappa shape index (κ1) is 16.3. The first-order chi connectivity index (χ1) is 11.1. The Bertz CT molecular complexity index is 707. The summed E-state index contributed by atoms with van der Waals surface area (Å²) in [6.07, 6.45) is 1.75. The van der Waals surface area contributed by atoms with Crippen molar-refractivity contribution in [2.24, 2.45) is 0 Å². The van der Waals surface area contributed by atoms with Crippen molar-refractivity contribution in [3.8, 4) is 0 Å². The molecule has 0 spiro atoms. The van der Waals surface area contributed by atoms with E-state index in [0.717, 1.165) is 5.69 Å². The molecule has 23 heavy (non-hydrogen) atoms. The molecule has 0 aliphatic carbocycles. The lowest BCUT2D eigenvalue weighted by atomic mass is 10.2. The van der Waals surface area contributed by atoms with Crippen LogP contribution in [0.1, 0.15) is 13.8 Å². The summed E-state index contributed by atoms with van der Waals surface area (Å²) in [6.45, 7) is 3.56. The van der Waals surface area contributed by atoms with Crippen molar-refractivity contribution in [3.05, 3.63) is 66.2 Å². The highest BCUT2D eigenvalue weighted by Gasteiger charge is 2.05. The third-order valence-electron chi connectivity index (χ3n) is 3.22. The number of benzene rings is 2. The van der Waals surface area contributed by atoms with Gasteiger partial charge in [0.15, 0.2) is 0 Å². The lowest BCUT2D eigenvalue weighted by Crippen LogP contribution is -2.19. The molecule has 0 saturated carbocycles. The standard InChI is InChI=1S/C18H19N3O2/c1-3-13(2)17(22)19-15-9-11-16(12-10-15)21-18(23)20-14-7-5-4-6-8-14/h3-12H,1-2H3,(H,19,22)(H2,20,21,23)/b13-3+. The summed E-state index contributed by atoms with van der Waals surface area (Å²) in [5, 5.41) is 8.24. The third kappa shape index (κ3) is 5.00. The van der Waals surface area contributed by atoms with Gasteiger partial charge < -0.3 is 16.0 Å². The molecule has 2 rings (SSSR count). The maximum atomic E-state index is 11.9. The van der Waals surface area contributed by atoms with Crippen molar-refractivity contribution in [2.75, 3.05) is 16.0 Å². The Morgan fingerprint density at radius 1 is 0.783 bits per heavy atom. The third-order valence-corrected chi connectivity index (χ3v) is 3.22. The molecule has 2 aromatic carbocycles. The van der Waals surface area contributed by atoms with Gasteiger partial charge in [0, 0.05) is 22.6 Å². The molecule has 0 heterocycles. The quantitative estimate of drug-likeness (QED) is 0.739. The molecule has 0 aliphatic heterocycles. The van der Waals surface area contributed by atoms with E-state index < -0.39 is 0 Å². The number of para-hydroxylation sites is 1. The van der Waals surface area contributed by atoms with Crippen LogP contribution in [0.2, 0.25) is 0 Å². The van der Waals surface area contributed by atoms with Gasteiger partial charge in [-0.15, -0.1) is 0 Å². The molecule has 0 atom stereocenters. The topological polar surface area (TPSA) is 70.2 Å². The first-order valence-electron chi connectivity index (χ1n) is 7.26. The lowest BCUT2D eigenvalue weighted by Gasteiger charge is -2.09. The lowest BCUT2D eigenvalue weighted by molar-refractivity contribution is -0.112. The van der Waals surface area contributed by atoms with Crippen molar-refractivity contribution in [2.45, 2.75) is 13.8 Å². The van der Waals surface area contributed by atoms with Crippen LogP contribution < -0.4 is 16.0 Å². The van der Waals surface area contributed by atoms with E-state index in [0.29, 0.717) is 16.9 Å². The van der Waals surface area contributed by atoms with E-state index in [4.69, 9.17) is 0 Å². The highest BCUT2D eigenvalue weighted by Crippen LogP contribution is 2.15. The highest BCUT2D eigenvalue weighted by atomic mass is 16.2. The van der Waals surface area contributed by atoms with E-state index in [1.54, 1.807) is 37.3 Å². The molecule has 0 fully saturated rings. The Morgan fingerprint density at radius 2 is 1.26 bits per heavy atom. The second-order valence-corrected chi connectivity index (χ2v) is 4.95. The van der Waals surface area contributed by atoms with E-state index in [-0.39, 0.29) is 11.9 Å². The number of anilines is 3. The summed E-state index contributed by atoms with van der Waals surface area (Å²) >= 11 is 0. The summed E-state index contributed by atoms with van der Waals surface area (Å²) in [4.78, 5) is 23.6. The van der Waals surface area contributed by atoms with Crippen molar-refractivity contribution in [1.82, 2.24) is 0 Å². The molecule has 0 aliphatic rings. The number of carbonyl (C=O) groups is 2. The number of allylic oxidation sites excluding steroid dienone is 1. The van der Waals surface area contributed by atoms with Crippen LogP contribution in [0.15, 0.2) is 66.2 Å². The fourth-order valence-corrected chi connectivity index (χ4v) is 1.81. The summed E-state index contributed by atoms with van der Waals surface area (Å²) in [5.41, 5.74) is 2.68. The van der Waals surface area contributed by atoms with E-state index >= 15 is 0 Å². The zero-order valence-corrected chi connectivity index (χ0v) is 13.1. The molecular weight excluding hydrogens is 290 g/mol. The van der Waals surface area contributed by atoms with E-state index in [9.17, 15) is 9.59 Å². The number of rotatable bonds is 4. The monoisotopic (exact) mass is 309 g/mol. The van der Waals surface area contributed by atoms with Gasteiger partial charge in [-0.25, -0.2) is 4.79 Å². The second-order valence-electron chi connectivity index (χ2n) is 4.95. The SMILES string of the molecule is C/C=C(\C)C(=O)Nc1ccc(NC(=O)Nc2ccccc2)cc1. The molecule has 0 aromatic heterocycles. The van der Waals surface area contributed by atoms with Gasteiger partial charge in [0.25, 0.3) is 5.91 Å². The zero-order valence-electron chi connectivity index (χ0n) is 13.1. The van der Waals surface area contributed by atoms with Crippen molar-refractivity contribution in [3.63, 3.8) is 0 Å². The number of carbonyl (C=O) groups excluding carboxylic acids is 2.